The van der Waals surface area contributed by atoms with Gasteiger partial charge in [0.2, 0.25) is 0 Å². The highest BCUT2D eigenvalue weighted by atomic mass is 35.5. The van der Waals surface area contributed by atoms with Gasteiger partial charge in [0, 0.05) is 11.8 Å². The van der Waals surface area contributed by atoms with E-state index >= 15 is 0 Å². The maximum absolute atomic E-state index is 13.0. The van der Waals surface area contributed by atoms with Gasteiger partial charge in [-0.15, -0.1) is 0 Å². The molecule has 116 valence electrons. The molecule has 0 aliphatic carbocycles. The topological polar surface area (TPSA) is 38.3 Å². The van der Waals surface area contributed by atoms with E-state index in [9.17, 15) is 9.18 Å². The molecule has 0 radical (unpaired) electrons. The zero-order valence-electron chi connectivity index (χ0n) is 12.1. The second-order valence-electron chi connectivity index (χ2n) is 4.97. The molecule has 3 aromatic rings. The van der Waals surface area contributed by atoms with E-state index in [1.807, 2.05) is 42.5 Å². The maximum Gasteiger partial charge on any atom is 0.262 e. The molecule has 23 heavy (non-hydrogen) atoms. The van der Waals surface area contributed by atoms with Gasteiger partial charge in [-0.3, -0.25) is 4.79 Å². The zero-order valence-corrected chi connectivity index (χ0v) is 12.8. The first-order chi connectivity index (χ1) is 11.1. The number of hydrogen-bond donors (Lipinski definition) is 1. The summed E-state index contributed by atoms with van der Waals surface area (Å²) in [6.07, 6.45) is 0. The second kappa shape index (κ2) is 6.67. The number of benzene rings is 3. The van der Waals surface area contributed by atoms with Crippen LogP contribution in [0.15, 0.2) is 60.7 Å². The molecule has 3 rings (SSSR count). The average Bonchev–Trinajstić information content (AvgIpc) is 2.56. The van der Waals surface area contributed by atoms with Crippen LogP contribution in [0.2, 0.25) is 5.02 Å². The molecular weight excluding hydrogens is 317 g/mol. The Balaban J connectivity index is 1.62. The molecule has 0 aliphatic heterocycles. The number of halogens is 2. The van der Waals surface area contributed by atoms with Crippen LogP contribution in [0.1, 0.15) is 0 Å². The molecule has 0 aliphatic rings. The molecule has 3 nitrogen and oxygen atoms in total. The van der Waals surface area contributed by atoms with Crippen LogP contribution in [0.4, 0.5) is 10.1 Å². The van der Waals surface area contributed by atoms with Gasteiger partial charge in [0.1, 0.15) is 11.6 Å². The number of carbonyl (C=O) groups is 1. The average molecular weight is 330 g/mol. The summed E-state index contributed by atoms with van der Waals surface area (Å²) < 4.78 is 18.3. The van der Waals surface area contributed by atoms with Crippen LogP contribution in [-0.2, 0) is 4.79 Å². The normalized spacial score (nSPS) is 10.5. The van der Waals surface area contributed by atoms with Gasteiger partial charge in [0.05, 0.1) is 5.02 Å². The van der Waals surface area contributed by atoms with Crippen molar-refractivity contribution in [3.05, 3.63) is 71.5 Å². The van der Waals surface area contributed by atoms with Gasteiger partial charge in [0.25, 0.3) is 5.91 Å². The molecule has 0 saturated heterocycles. The van der Waals surface area contributed by atoms with Crippen LogP contribution in [0, 0.1) is 5.82 Å². The monoisotopic (exact) mass is 329 g/mol. The SMILES string of the molecule is O=C(COc1ccc(F)c(Cl)c1)Nc1ccc2ccccc2c1. The van der Waals surface area contributed by atoms with Gasteiger partial charge in [-0.05, 0) is 35.0 Å². The number of hydrogen-bond acceptors (Lipinski definition) is 2. The van der Waals surface area contributed by atoms with Crippen molar-refractivity contribution < 1.29 is 13.9 Å². The third kappa shape index (κ3) is 3.79. The number of anilines is 1. The molecule has 3 aromatic carbocycles. The minimum Gasteiger partial charge on any atom is -0.484 e. The highest BCUT2D eigenvalue weighted by Crippen LogP contribution is 2.21. The summed E-state index contributed by atoms with van der Waals surface area (Å²) in [7, 11) is 0. The Morgan fingerprint density at radius 1 is 1.04 bits per heavy atom. The Labute approximate surface area is 137 Å². The van der Waals surface area contributed by atoms with Gasteiger partial charge < -0.3 is 10.1 Å². The molecule has 0 saturated carbocycles. The molecule has 0 spiro atoms. The summed E-state index contributed by atoms with van der Waals surface area (Å²) in [5, 5.41) is 4.85. The summed E-state index contributed by atoms with van der Waals surface area (Å²) in [5.41, 5.74) is 0.689. The van der Waals surface area contributed by atoms with Gasteiger partial charge in [-0.25, -0.2) is 4.39 Å². The lowest BCUT2D eigenvalue weighted by Gasteiger charge is -2.09. The Morgan fingerprint density at radius 2 is 1.83 bits per heavy atom. The van der Waals surface area contributed by atoms with E-state index in [1.54, 1.807) is 0 Å². The predicted octanol–water partition coefficient (Wildman–Crippen LogP) is 4.65. The van der Waals surface area contributed by atoms with E-state index < -0.39 is 5.82 Å². The standard InChI is InChI=1S/C18H13ClFNO2/c19-16-10-15(7-8-17(16)20)23-11-18(22)21-14-6-5-12-3-1-2-4-13(12)9-14/h1-10H,11H2,(H,21,22). The van der Waals surface area contributed by atoms with Crippen LogP contribution in [-0.4, -0.2) is 12.5 Å². The molecular formula is C18H13ClFNO2. The number of fused-ring (bicyclic) bond motifs is 1. The van der Waals surface area contributed by atoms with Crippen molar-refractivity contribution in [1.29, 1.82) is 0 Å². The lowest BCUT2D eigenvalue weighted by atomic mass is 10.1. The molecule has 0 heterocycles. The fourth-order valence-corrected chi connectivity index (χ4v) is 2.35. The Morgan fingerprint density at radius 3 is 2.61 bits per heavy atom. The van der Waals surface area contributed by atoms with Gasteiger partial charge >= 0.3 is 0 Å². The van der Waals surface area contributed by atoms with Gasteiger partial charge in [-0.2, -0.15) is 0 Å². The number of amides is 1. The van der Waals surface area contributed by atoms with E-state index in [-0.39, 0.29) is 17.5 Å². The second-order valence-corrected chi connectivity index (χ2v) is 5.38. The summed E-state index contributed by atoms with van der Waals surface area (Å²) >= 11 is 5.66. The summed E-state index contributed by atoms with van der Waals surface area (Å²) in [6, 6.07) is 17.5. The van der Waals surface area contributed by atoms with Crippen LogP contribution in [0.5, 0.6) is 5.75 Å². The van der Waals surface area contributed by atoms with Gasteiger partial charge in [0.15, 0.2) is 6.61 Å². The Hall–Kier alpha value is -2.59. The number of rotatable bonds is 4. The van der Waals surface area contributed by atoms with Crippen molar-refractivity contribution in [2.24, 2.45) is 0 Å². The number of nitrogens with one attached hydrogen (secondary N) is 1. The molecule has 0 atom stereocenters. The summed E-state index contributed by atoms with van der Waals surface area (Å²) in [4.78, 5) is 11.9. The number of carbonyl (C=O) groups excluding carboxylic acids is 1. The third-order valence-corrected chi connectivity index (χ3v) is 3.58. The highest BCUT2D eigenvalue weighted by Gasteiger charge is 2.06. The molecule has 0 aromatic heterocycles. The number of ether oxygens (including phenoxy) is 1. The van der Waals surface area contributed by atoms with E-state index in [0.29, 0.717) is 11.4 Å². The fraction of sp³-hybridized carbons (Fsp3) is 0.0556. The van der Waals surface area contributed by atoms with Crippen LogP contribution in [0.3, 0.4) is 0 Å². The minimum absolute atomic E-state index is 0.0440. The van der Waals surface area contributed by atoms with Crippen LogP contribution < -0.4 is 10.1 Å². The van der Waals surface area contributed by atoms with E-state index in [1.165, 1.54) is 18.2 Å². The van der Waals surface area contributed by atoms with E-state index in [0.717, 1.165) is 10.8 Å². The highest BCUT2D eigenvalue weighted by molar-refractivity contribution is 6.30. The van der Waals surface area contributed by atoms with Crippen molar-refractivity contribution in [1.82, 2.24) is 0 Å². The smallest absolute Gasteiger partial charge is 0.262 e. The van der Waals surface area contributed by atoms with Crippen LogP contribution in [0.25, 0.3) is 10.8 Å². The summed E-state index contributed by atoms with van der Waals surface area (Å²) in [5.74, 6) is -0.495. The Bertz CT molecular complexity index is 867. The lowest BCUT2D eigenvalue weighted by Crippen LogP contribution is -2.20. The van der Waals surface area contributed by atoms with Crippen molar-refractivity contribution in [2.75, 3.05) is 11.9 Å². The van der Waals surface area contributed by atoms with Crippen LogP contribution >= 0.6 is 11.6 Å². The predicted molar refractivity (Wildman–Crippen MR) is 89.5 cm³/mol. The van der Waals surface area contributed by atoms with Gasteiger partial charge in [-0.1, -0.05) is 41.9 Å². The van der Waals surface area contributed by atoms with E-state index in [2.05, 4.69) is 5.32 Å². The zero-order chi connectivity index (χ0) is 16.2. The fourth-order valence-electron chi connectivity index (χ4n) is 2.18. The first-order valence-electron chi connectivity index (χ1n) is 6.98. The molecule has 5 heteroatoms. The first kappa shape index (κ1) is 15.3. The first-order valence-corrected chi connectivity index (χ1v) is 7.36. The third-order valence-electron chi connectivity index (χ3n) is 3.29. The molecule has 0 fully saturated rings. The Kier molecular flexibility index (Phi) is 4.44. The largest absolute Gasteiger partial charge is 0.484 e. The maximum atomic E-state index is 13.0. The quantitative estimate of drug-likeness (QED) is 0.756. The molecule has 0 unspecified atom stereocenters. The summed E-state index contributed by atoms with van der Waals surface area (Å²) in [6.45, 7) is -0.186. The van der Waals surface area contributed by atoms with Crippen molar-refractivity contribution in [3.63, 3.8) is 0 Å². The van der Waals surface area contributed by atoms with E-state index in [4.69, 9.17) is 16.3 Å². The molecule has 1 N–H and O–H groups in total. The molecule has 1 amide bonds. The minimum atomic E-state index is -0.528. The lowest BCUT2D eigenvalue weighted by molar-refractivity contribution is -0.118. The molecule has 0 bridgehead atoms. The van der Waals surface area contributed by atoms with Crippen molar-refractivity contribution >= 4 is 34.0 Å². The van der Waals surface area contributed by atoms with Crippen molar-refractivity contribution in [3.8, 4) is 5.75 Å². The van der Waals surface area contributed by atoms with Crippen molar-refractivity contribution in [2.45, 2.75) is 0 Å².